The van der Waals surface area contributed by atoms with E-state index >= 15 is 0 Å². The van der Waals surface area contributed by atoms with Crippen LogP contribution in [0.4, 0.5) is 5.82 Å². The average Bonchev–Trinajstić information content (AvgIpc) is 3.37. The Bertz CT molecular complexity index is 1360. The summed E-state index contributed by atoms with van der Waals surface area (Å²) in [6, 6.07) is 22.5. The third kappa shape index (κ3) is 7.48. The van der Waals surface area contributed by atoms with Gasteiger partial charge in [-0.15, -0.1) is 11.8 Å². The highest BCUT2D eigenvalue weighted by Crippen LogP contribution is 2.35. The summed E-state index contributed by atoms with van der Waals surface area (Å²) in [5.41, 5.74) is 3.71. The summed E-state index contributed by atoms with van der Waals surface area (Å²) < 4.78 is 10.6. The predicted octanol–water partition coefficient (Wildman–Crippen LogP) is 7.46. The third-order valence-corrected chi connectivity index (χ3v) is 6.96. The number of hydrogen-bond acceptors (Lipinski definition) is 7. The second-order valence-electron chi connectivity index (χ2n) is 10.8. The summed E-state index contributed by atoms with van der Waals surface area (Å²) in [5, 5.41) is 0. The summed E-state index contributed by atoms with van der Waals surface area (Å²) in [7, 11) is 0. The topological polar surface area (TPSA) is 68.5 Å². The lowest BCUT2D eigenvalue weighted by molar-refractivity contribution is -0.156. The molecule has 38 heavy (non-hydrogen) atoms. The van der Waals surface area contributed by atoms with Gasteiger partial charge in [-0.05, 0) is 77.4 Å². The Labute approximate surface area is 229 Å². The minimum atomic E-state index is -0.701. The maximum absolute atomic E-state index is 12.7. The number of ether oxygens (including phenoxy) is 1. The number of benzene rings is 2. The molecule has 0 N–H and O–H groups in total. The number of carbonyl (C=O) groups is 1. The Morgan fingerprint density at radius 1 is 0.947 bits per heavy atom. The van der Waals surface area contributed by atoms with Gasteiger partial charge in [0.2, 0.25) is 0 Å². The lowest BCUT2D eigenvalue weighted by Gasteiger charge is -2.28. The van der Waals surface area contributed by atoms with Crippen LogP contribution in [0.5, 0.6) is 0 Å². The van der Waals surface area contributed by atoms with E-state index < -0.39 is 10.3 Å². The molecule has 2 aromatic heterocycles. The molecule has 0 fully saturated rings. The lowest BCUT2D eigenvalue weighted by Crippen LogP contribution is -2.36. The third-order valence-electron chi connectivity index (χ3n) is 5.78. The van der Waals surface area contributed by atoms with Gasteiger partial charge in [0.15, 0.2) is 0 Å². The molecule has 2 heterocycles. The van der Waals surface area contributed by atoms with Crippen LogP contribution in [0.3, 0.4) is 0 Å². The first-order valence-corrected chi connectivity index (χ1v) is 13.5. The van der Waals surface area contributed by atoms with Crippen molar-refractivity contribution in [2.24, 2.45) is 0 Å². The molecule has 0 amide bonds. The van der Waals surface area contributed by atoms with Crippen LogP contribution in [0.15, 0.2) is 88.6 Å². The number of esters is 1. The van der Waals surface area contributed by atoms with E-state index in [-0.39, 0.29) is 5.97 Å². The molecule has 0 atom stereocenters. The lowest BCUT2D eigenvalue weighted by atomic mass is 10.1. The van der Waals surface area contributed by atoms with E-state index in [1.807, 2.05) is 58.9 Å². The van der Waals surface area contributed by atoms with Crippen molar-refractivity contribution in [3.05, 3.63) is 96.2 Å². The number of aromatic nitrogens is 2. The van der Waals surface area contributed by atoms with Gasteiger partial charge in [0.05, 0.1) is 18.5 Å². The monoisotopic (exact) mass is 529 g/mol. The van der Waals surface area contributed by atoms with E-state index in [0.29, 0.717) is 13.1 Å². The molecular weight excluding hydrogens is 494 g/mol. The molecule has 0 unspecified atom stereocenters. The van der Waals surface area contributed by atoms with Crippen molar-refractivity contribution in [1.29, 1.82) is 0 Å². The first-order chi connectivity index (χ1) is 18.0. The largest absolute Gasteiger partial charge is 0.467 e. The maximum Gasteiger partial charge on any atom is 0.322 e. The number of hydrogen-bond donors (Lipinski definition) is 0. The molecule has 6 nitrogen and oxygen atoms in total. The maximum atomic E-state index is 12.7. The molecule has 0 radical (unpaired) electrons. The normalized spacial score (nSPS) is 11.8. The minimum absolute atomic E-state index is 0.225. The number of anilines is 1. The molecule has 0 aliphatic carbocycles. The van der Waals surface area contributed by atoms with Crippen LogP contribution < -0.4 is 4.90 Å². The van der Waals surface area contributed by atoms with E-state index in [0.717, 1.165) is 33.3 Å². The Kier molecular flexibility index (Phi) is 8.26. The molecule has 4 rings (SSSR count). The van der Waals surface area contributed by atoms with Crippen molar-refractivity contribution in [2.75, 3.05) is 4.90 Å². The van der Waals surface area contributed by atoms with E-state index in [9.17, 15) is 4.79 Å². The summed E-state index contributed by atoms with van der Waals surface area (Å²) in [6.07, 6.45) is 3.30. The number of carbonyl (C=O) groups excluding carboxylic acids is 1. The number of rotatable bonds is 9. The Morgan fingerprint density at radius 3 is 2.37 bits per heavy atom. The first-order valence-electron chi connectivity index (χ1n) is 12.7. The molecule has 4 aromatic rings. The van der Waals surface area contributed by atoms with E-state index in [1.165, 1.54) is 17.3 Å². The van der Waals surface area contributed by atoms with Crippen LogP contribution in [0.1, 0.15) is 51.5 Å². The van der Waals surface area contributed by atoms with Gasteiger partial charge in [-0.1, -0.05) is 35.9 Å². The fourth-order valence-electron chi connectivity index (χ4n) is 3.91. The molecule has 198 valence electrons. The Balaban J connectivity index is 1.54. The quantitative estimate of drug-likeness (QED) is 0.165. The predicted molar refractivity (Wildman–Crippen MR) is 153 cm³/mol. The smallest absolute Gasteiger partial charge is 0.322 e. The van der Waals surface area contributed by atoms with Gasteiger partial charge in [-0.2, -0.15) is 0 Å². The van der Waals surface area contributed by atoms with Crippen LogP contribution >= 0.6 is 11.8 Å². The zero-order valence-electron chi connectivity index (χ0n) is 22.9. The van der Waals surface area contributed by atoms with Gasteiger partial charge in [-0.3, -0.25) is 4.79 Å². The second kappa shape index (κ2) is 11.4. The molecular formula is C31H35N3O3S. The first kappa shape index (κ1) is 27.5. The van der Waals surface area contributed by atoms with Gasteiger partial charge in [0.25, 0.3) is 0 Å². The number of nitrogens with zero attached hydrogens (tertiary/aromatic N) is 3. The molecule has 2 aromatic carbocycles. The van der Waals surface area contributed by atoms with Crippen molar-refractivity contribution in [2.45, 2.75) is 69.9 Å². The highest BCUT2D eigenvalue weighted by atomic mass is 32.2. The minimum Gasteiger partial charge on any atom is -0.467 e. The SMILES string of the molecule is Cc1cccc(-c2cc(N(Cc3ccc(SC(C)(C)C(=O)OC(C)(C)C)cc3)Cc3ccco3)ncn2)c1. The molecule has 0 aliphatic heterocycles. The van der Waals surface area contributed by atoms with Gasteiger partial charge >= 0.3 is 5.97 Å². The van der Waals surface area contributed by atoms with Gasteiger partial charge in [0, 0.05) is 23.1 Å². The molecule has 7 heteroatoms. The van der Waals surface area contributed by atoms with Gasteiger partial charge < -0.3 is 14.1 Å². The number of aryl methyl sites for hydroxylation is 1. The van der Waals surface area contributed by atoms with Crippen LogP contribution in [-0.2, 0) is 22.6 Å². The summed E-state index contributed by atoms with van der Waals surface area (Å²) >= 11 is 1.50. The molecule has 0 bridgehead atoms. The highest BCUT2D eigenvalue weighted by molar-refractivity contribution is 8.01. The van der Waals surface area contributed by atoms with Crippen molar-refractivity contribution < 1.29 is 13.9 Å². The summed E-state index contributed by atoms with van der Waals surface area (Å²) in [5.74, 6) is 1.45. The summed E-state index contributed by atoms with van der Waals surface area (Å²) in [6.45, 7) is 12.7. The van der Waals surface area contributed by atoms with Crippen molar-refractivity contribution >= 4 is 23.5 Å². The molecule has 0 saturated carbocycles. The van der Waals surface area contributed by atoms with E-state index in [1.54, 1.807) is 12.6 Å². The van der Waals surface area contributed by atoms with E-state index in [2.05, 4.69) is 64.3 Å². The average molecular weight is 530 g/mol. The number of thioether (sulfide) groups is 1. The second-order valence-corrected chi connectivity index (χ2v) is 12.5. The summed E-state index contributed by atoms with van der Waals surface area (Å²) in [4.78, 5) is 25.0. The van der Waals surface area contributed by atoms with Crippen LogP contribution in [0.2, 0.25) is 0 Å². The fourth-order valence-corrected chi connectivity index (χ4v) is 4.90. The standard InChI is InChI=1S/C31H35N3O3S/c1-22-9-7-10-24(17-22)27-18-28(33-21-32-27)34(20-25-11-8-16-36-25)19-23-12-14-26(15-13-23)38-31(5,6)29(35)37-30(2,3)4/h7-18,21H,19-20H2,1-6H3. The van der Waals surface area contributed by atoms with Crippen LogP contribution in [-0.4, -0.2) is 26.3 Å². The number of furan rings is 1. The zero-order valence-corrected chi connectivity index (χ0v) is 23.7. The van der Waals surface area contributed by atoms with Crippen LogP contribution in [0.25, 0.3) is 11.3 Å². The molecule has 0 aliphatic rings. The van der Waals surface area contributed by atoms with Gasteiger partial charge in [-0.25, -0.2) is 9.97 Å². The fraction of sp³-hybridized carbons (Fsp3) is 0.323. The Hall–Kier alpha value is -3.58. The van der Waals surface area contributed by atoms with Crippen molar-refractivity contribution in [1.82, 2.24) is 9.97 Å². The Morgan fingerprint density at radius 2 is 1.71 bits per heavy atom. The van der Waals surface area contributed by atoms with Gasteiger partial charge in [0.1, 0.15) is 28.3 Å². The van der Waals surface area contributed by atoms with Crippen molar-refractivity contribution in [3.8, 4) is 11.3 Å². The molecule has 0 spiro atoms. The van der Waals surface area contributed by atoms with Crippen molar-refractivity contribution in [3.63, 3.8) is 0 Å². The van der Waals surface area contributed by atoms with E-state index in [4.69, 9.17) is 9.15 Å². The van der Waals surface area contributed by atoms with Crippen LogP contribution in [0, 0.1) is 6.92 Å². The zero-order chi connectivity index (χ0) is 27.3. The molecule has 0 saturated heterocycles. The highest BCUT2D eigenvalue weighted by Gasteiger charge is 2.33.